The van der Waals surface area contributed by atoms with E-state index >= 15 is 0 Å². The molecular weight excluding hydrogens is 529 g/mol. The summed E-state index contributed by atoms with van der Waals surface area (Å²) in [6, 6.07) is 16.3. The first-order valence-corrected chi connectivity index (χ1v) is 12.0. The van der Waals surface area contributed by atoms with Crippen LogP contribution >= 0.6 is 38.3 Å². The van der Waals surface area contributed by atoms with Crippen LogP contribution in [0.3, 0.4) is 0 Å². The van der Waals surface area contributed by atoms with Crippen LogP contribution < -0.4 is 5.32 Å². The molecule has 10 heteroatoms. The van der Waals surface area contributed by atoms with Crippen molar-refractivity contribution < 1.29 is 24.2 Å². The maximum absolute atomic E-state index is 13.5. The Balaban J connectivity index is 0.00000160. The molecule has 2 aliphatic heterocycles. The molecule has 3 atom stereocenters. The van der Waals surface area contributed by atoms with Gasteiger partial charge in [0.15, 0.2) is 5.78 Å². The fourth-order valence-electron chi connectivity index (χ4n) is 4.63. The maximum atomic E-state index is 13.5. The number of phenolic OH excluding ortho intramolecular Hbond substituents is 1. The van der Waals surface area contributed by atoms with Gasteiger partial charge in [-0.2, -0.15) is 27.0 Å². The summed E-state index contributed by atoms with van der Waals surface area (Å²) in [5, 5.41) is 14.7. The highest BCUT2D eigenvalue weighted by Gasteiger charge is 2.48. The summed E-state index contributed by atoms with van der Waals surface area (Å²) in [4.78, 5) is 41.6. The number of aromatic hydroxyl groups is 1. The van der Waals surface area contributed by atoms with E-state index in [0.29, 0.717) is 24.1 Å². The summed E-state index contributed by atoms with van der Waals surface area (Å²) < 4.78 is 5.51. The number of hydrogen-bond donors (Lipinski definition) is 2. The highest BCUT2D eigenvalue weighted by Crippen LogP contribution is 2.28. The van der Waals surface area contributed by atoms with Crippen LogP contribution in [0.5, 0.6) is 5.75 Å². The molecule has 0 bridgehead atoms. The molecule has 2 fully saturated rings. The van der Waals surface area contributed by atoms with E-state index < -0.39 is 12.1 Å². The minimum atomic E-state index is -0.890. The topological polar surface area (TPSA) is 95.9 Å². The van der Waals surface area contributed by atoms with E-state index in [-0.39, 0.29) is 76.9 Å². The van der Waals surface area contributed by atoms with Crippen molar-refractivity contribution in [3.8, 4) is 16.2 Å². The van der Waals surface area contributed by atoms with E-state index in [1.165, 1.54) is 4.90 Å². The molecule has 0 radical (unpaired) electrons. The van der Waals surface area contributed by atoms with Gasteiger partial charge in [-0.1, -0.05) is 37.8 Å². The van der Waals surface area contributed by atoms with Crippen LogP contribution in [0.15, 0.2) is 66.0 Å². The van der Waals surface area contributed by atoms with Gasteiger partial charge in [0, 0.05) is 23.4 Å². The zero-order chi connectivity index (χ0) is 23.7. The average molecular weight is 561 g/mol. The second-order valence-corrected chi connectivity index (χ2v) is 9.48. The number of ketones is 1. The molecule has 2 aliphatic rings. The Kier molecular flexibility index (Phi) is 10.8. The quantitative estimate of drug-likeness (QED) is 0.477. The fourth-order valence-corrected chi connectivity index (χ4v) is 5.36. The van der Waals surface area contributed by atoms with Crippen LogP contribution in [-0.4, -0.2) is 58.9 Å². The standard InChI is InChI=1S/C26H24N2O5S.CH4.2H2S/c29-19-4-1-3-16(13-19)14-20(26(32)28-11-10-22-24(28)21(30)15-33-22)27-25(31)18-8-6-17(7-9-18)23-5-2-12-34-23;;;/h1-9,12-13,20,22,24,29H,10-11,14-15H2,(H,27,31);1H4;2*1H2/t20-,22+,24+;;;/m0.../s1. The van der Waals surface area contributed by atoms with Crippen LogP contribution in [0.4, 0.5) is 0 Å². The Labute approximate surface area is 234 Å². The van der Waals surface area contributed by atoms with E-state index in [0.717, 1.165) is 10.4 Å². The van der Waals surface area contributed by atoms with Gasteiger partial charge in [0.1, 0.15) is 24.4 Å². The molecule has 3 heterocycles. The van der Waals surface area contributed by atoms with Crippen LogP contribution in [0.2, 0.25) is 0 Å². The number of Topliss-reactive ketones (excluding diaryl/α,β-unsaturated/α-hetero) is 1. The van der Waals surface area contributed by atoms with Gasteiger partial charge in [-0.25, -0.2) is 0 Å². The number of thiophene rings is 1. The lowest BCUT2D eigenvalue weighted by Crippen LogP contribution is -2.53. The summed E-state index contributed by atoms with van der Waals surface area (Å²) in [5.41, 5.74) is 2.16. The highest BCUT2D eigenvalue weighted by atomic mass is 32.1. The van der Waals surface area contributed by atoms with Crippen LogP contribution in [0.1, 0.15) is 29.8 Å². The number of likely N-dealkylation sites (tertiary alicyclic amines) is 1. The SMILES string of the molecule is C.O=C(N[C@@H](Cc1cccc(O)c1)C(=O)N1CC[C@H]2OCC(=O)[C@H]21)c1ccc(-c2cccs2)cc1.S.S. The molecule has 2 amide bonds. The summed E-state index contributed by atoms with van der Waals surface area (Å²) in [6.45, 7) is 0.418. The number of hydrogen-bond acceptors (Lipinski definition) is 6. The van der Waals surface area contributed by atoms with E-state index in [1.54, 1.807) is 47.7 Å². The molecule has 198 valence electrons. The van der Waals surface area contributed by atoms with Crippen molar-refractivity contribution in [2.75, 3.05) is 13.2 Å². The lowest BCUT2D eigenvalue weighted by molar-refractivity contribution is -0.138. The first-order valence-electron chi connectivity index (χ1n) is 11.2. The molecule has 2 N–H and O–H groups in total. The number of phenols is 1. The first-order chi connectivity index (χ1) is 16.5. The third kappa shape index (κ3) is 6.56. The monoisotopic (exact) mass is 560 g/mol. The summed E-state index contributed by atoms with van der Waals surface area (Å²) in [7, 11) is 0. The van der Waals surface area contributed by atoms with E-state index in [9.17, 15) is 19.5 Å². The number of carbonyl (C=O) groups is 3. The predicted octanol–water partition coefficient (Wildman–Crippen LogP) is 3.89. The van der Waals surface area contributed by atoms with Crippen molar-refractivity contribution in [3.63, 3.8) is 0 Å². The zero-order valence-corrected chi connectivity index (χ0v) is 22.2. The van der Waals surface area contributed by atoms with Gasteiger partial charge in [0.2, 0.25) is 5.91 Å². The third-order valence-electron chi connectivity index (χ3n) is 6.30. The molecule has 0 saturated carbocycles. The minimum Gasteiger partial charge on any atom is -0.508 e. The highest BCUT2D eigenvalue weighted by molar-refractivity contribution is 7.59. The van der Waals surface area contributed by atoms with Gasteiger partial charge >= 0.3 is 0 Å². The number of fused-ring (bicyclic) bond motifs is 1. The predicted molar refractivity (Wildman–Crippen MR) is 155 cm³/mol. The minimum absolute atomic E-state index is 0. The van der Waals surface area contributed by atoms with Crippen molar-refractivity contribution in [3.05, 3.63) is 77.2 Å². The van der Waals surface area contributed by atoms with Gasteiger partial charge in [-0.05, 0) is 53.3 Å². The van der Waals surface area contributed by atoms with Crippen LogP contribution in [-0.2, 0) is 20.7 Å². The van der Waals surface area contributed by atoms with Crippen molar-refractivity contribution in [2.45, 2.75) is 38.5 Å². The second kappa shape index (κ2) is 13.1. The summed E-state index contributed by atoms with van der Waals surface area (Å²) in [5.74, 6) is -0.721. The van der Waals surface area contributed by atoms with Crippen molar-refractivity contribution >= 4 is 55.9 Å². The lowest BCUT2D eigenvalue weighted by atomic mass is 10.0. The van der Waals surface area contributed by atoms with Gasteiger partial charge in [-0.3, -0.25) is 14.4 Å². The molecular formula is C27H32N2O5S3. The number of amides is 2. The molecule has 1 aromatic heterocycles. The number of nitrogens with zero attached hydrogens (tertiary/aromatic N) is 1. The number of ether oxygens (including phenoxy) is 1. The third-order valence-corrected chi connectivity index (χ3v) is 7.22. The Bertz CT molecular complexity index is 1220. The van der Waals surface area contributed by atoms with Crippen molar-refractivity contribution in [1.82, 2.24) is 10.2 Å². The van der Waals surface area contributed by atoms with Crippen molar-refractivity contribution in [2.24, 2.45) is 0 Å². The molecule has 37 heavy (non-hydrogen) atoms. The summed E-state index contributed by atoms with van der Waals surface area (Å²) in [6.07, 6.45) is 0.507. The number of benzene rings is 2. The molecule has 0 spiro atoms. The number of carbonyl (C=O) groups excluding carboxylic acids is 3. The number of rotatable bonds is 6. The van der Waals surface area contributed by atoms with Crippen LogP contribution in [0, 0.1) is 0 Å². The Morgan fingerprint density at radius 2 is 1.86 bits per heavy atom. The van der Waals surface area contributed by atoms with Gasteiger partial charge in [0.25, 0.3) is 5.91 Å². The van der Waals surface area contributed by atoms with Crippen LogP contribution in [0.25, 0.3) is 10.4 Å². The van der Waals surface area contributed by atoms with E-state index in [1.807, 2.05) is 29.6 Å². The Morgan fingerprint density at radius 3 is 2.54 bits per heavy atom. The normalized spacial score (nSPS) is 18.6. The van der Waals surface area contributed by atoms with Gasteiger partial charge in [0.05, 0.1) is 6.10 Å². The smallest absolute Gasteiger partial charge is 0.251 e. The van der Waals surface area contributed by atoms with E-state index in [4.69, 9.17) is 4.74 Å². The van der Waals surface area contributed by atoms with Gasteiger partial charge in [-0.15, -0.1) is 11.3 Å². The first kappa shape index (κ1) is 30.4. The molecule has 3 aromatic rings. The Hall–Kier alpha value is -2.79. The second-order valence-electron chi connectivity index (χ2n) is 8.54. The summed E-state index contributed by atoms with van der Waals surface area (Å²) >= 11 is 1.62. The average Bonchev–Trinajstić information content (AvgIpc) is 3.58. The lowest BCUT2D eigenvalue weighted by Gasteiger charge is -2.27. The molecule has 0 unspecified atom stereocenters. The molecule has 2 aromatic carbocycles. The molecule has 5 rings (SSSR count). The zero-order valence-electron chi connectivity index (χ0n) is 19.3. The van der Waals surface area contributed by atoms with E-state index in [2.05, 4.69) is 5.32 Å². The molecule has 0 aliphatic carbocycles. The number of nitrogens with one attached hydrogen (secondary N) is 1. The fraction of sp³-hybridized carbons (Fsp3) is 0.296. The van der Waals surface area contributed by atoms with Gasteiger partial charge < -0.3 is 20.1 Å². The Morgan fingerprint density at radius 1 is 1.11 bits per heavy atom. The maximum Gasteiger partial charge on any atom is 0.251 e. The molecule has 7 nitrogen and oxygen atoms in total. The molecule has 2 saturated heterocycles. The largest absolute Gasteiger partial charge is 0.508 e. The van der Waals surface area contributed by atoms with Crippen molar-refractivity contribution in [1.29, 1.82) is 0 Å².